The van der Waals surface area contributed by atoms with Crippen LogP contribution in [-0.4, -0.2) is 39.7 Å². The normalized spacial score (nSPS) is 18.2. The van der Waals surface area contributed by atoms with E-state index in [2.05, 4.69) is 21.4 Å². The van der Waals surface area contributed by atoms with Gasteiger partial charge in [-0.2, -0.15) is 10.4 Å². The molecule has 0 unspecified atom stereocenters. The molecular weight excluding hydrogens is 322 g/mol. The second-order valence-corrected chi connectivity index (χ2v) is 6.90. The number of rotatable bonds is 6. The Morgan fingerprint density at radius 2 is 2.42 bits per heavy atom. The first-order chi connectivity index (χ1) is 11.8. The first-order valence-corrected chi connectivity index (χ1v) is 9.13. The van der Waals surface area contributed by atoms with Crippen molar-refractivity contribution in [1.82, 2.24) is 14.7 Å². The third-order valence-corrected chi connectivity index (χ3v) is 5.20. The summed E-state index contributed by atoms with van der Waals surface area (Å²) in [6, 6.07) is 6.19. The molecule has 3 heterocycles. The summed E-state index contributed by atoms with van der Waals surface area (Å²) in [6.07, 6.45) is 7.79. The maximum Gasteiger partial charge on any atom is 0.226 e. The highest BCUT2D eigenvalue weighted by Gasteiger charge is 2.23. The minimum absolute atomic E-state index is 0.0302. The summed E-state index contributed by atoms with van der Waals surface area (Å²) in [5, 5.41) is 18.6. The molecule has 2 aromatic rings. The summed E-state index contributed by atoms with van der Waals surface area (Å²) >= 11 is 1.39. The highest BCUT2D eigenvalue weighted by Crippen LogP contribution is 2.23. The van der Waals surface area contributed by atoms with Crippen LogP contribution in [0.25, 0.3) is 0 Å². The van der Waals surface area contributed by atoms with Gasteiger partial charge in [-0.1, -0.05) is 6.42 Å². The molecule has 126 valence electrons. The van der Waals surface area contributed by atoms with Crippen LogP contribution in [-0.2, 0) is 11.3 Å². The van der Waals surface area contributed by atoms with E-state index in [1.54, 1.807) is 12.3 Å². The lowest BCUT2D eigenvalue weighted by Crippen LogP contribution is -2.43. The zero-order valence-corrected chi connectivity index (χ0v) is 14.3. The maximum absolute atomic E-state index is 12.2. The second kappa shape index (κ2) is 8.08. The smallest absolute Gasteiger partial charge is 0.226 e. The quantitative estimate of drug-likeness (QED) is 0.875. The Morgan fingerprint density at radius 1 is 1.50 bits per heavy atom. The SMILES string of the molecule is N#Cc1ccsc1NC(=O)CCN1CCCC[C@@H]1Cn1cccn1. The number of hydrogen-bond acceptors (Lipinski definition) is 5. The maximum atomic E-state index is 12.2. The highest BCUT2D eigenvalue weighted by molar-refractivity contribution is 7.14. The van der Waals surface area contributed by atoms with Crippen LogP contribution in [0.15, 0.2) is 29.9 Å². The van der Waals surface area contributed by atoms with E-state index in [1.807, 2.05) is 22.3 Å². The van der Waals surface area contributed by atoms with Gasteiger partial charge >= 0.3 is 0 Å². The first-order valence-electron chi connectivity index (χ1n) is 8.25. The van der Waals surface area contributed by atoms with Gasteiger partial charge in [-0.25, -0.2) is 0 Å². The molecule has 0 aliphatic carbocycles. The van der Waals surface area contributed by atoms with Crippen molar-refractivity contribution in [3.05, 3.63) is 35.5 Å². The predicted octanol–water partition coefficient (Wildman–Crippen LogP) is 2.70. The summed E-state index contributed by atoms with van der Waals surface area (Å²) < 4.78 is 1.97. The molecule has 1 aliphatic heterocycles. The molecule has 1 saturated heterocycles. The van der Waals surface area contributed by atoms with Crippen LogP contribution in [0, 0.1) is 11.3 Å². The number of thiophene rings is 1. The largest absolute Gasteiger partial charge is 0.317 e. The molecule has 0 saturated carbocycles. The van der Waals surface area contributed by atoms with Gasteiger partial charge in [0.1, 0.15) is 11.1 Å². The zero-order chi connectivity index (χ0) is 16.8. The number of piperidine rings is 1. The fourth-order valence-electron chi connectivity index (χ4n) is 3.11. The Balaban J connectivity index is 1.52. The molecule has 1 amide bonds. The third-order valence-electron chi connectivity index (χ3n) is 4.37. The molecule has 0 aromatic carbocycles. The van der Waals surface area contributed by atoms with Crippen molar-refractivity contribution < 1.29 is 4.79 Å². The number of nitriles is 1. The summed E-state index contributed by atoms with van der Waals surface area (Å²) in [5.41, 5.74) is 0.530. The standard InChI is InChI=1S/C17H21N5OS/c18-12-14-6-11-24-17(14)20-16(23)5-10-21-8-2-1-4-15(21)13-22-9-3-7-19-22/h3,6-7,9,11,15H,1-2,4-5,8,10,13H2,(H,20,23)/t15-/m1/s1. The predicted molar refractivity (Wildman–Crippen MR) is 93.7 cm³/mol. The molecule has 0 radical (unpaired) electrons. The van der Waals surface area contributed by atoms with E-state index in [-0.39, 0.29) is 5.91 Å². The van der Waals surface area contributed by atoms with Crippen LogP contribution in [0.4, 0.5) is 5.00 Å². The molecule has 24 heavy (non-hydrogen) atoms. The topological polar surface area (TPSA) is 74.0 Å². The Kier molecular flexibility index (Phi) is 5.62. The van der Waals surface area contributed by atoms with E-state index in [0.29, 0.717) is 23.0 Å². The van der Waals surface area contributed by atoms with Gasteiger partial charge < -0.3 is 5.32 Å². The number of anilines is 1. The van der Waals surface area contributed by atoms with Crippen LogP contribution in [0.3, 0.4) is 0 Å². The number of amides is 1. The molecule has 2 aromatic heterocycles. The lowest BCUT2D eigenvalue weighted by Gasteiger charge is -2.35. The van der Waals surface area contributed by atoms with Gasteiger partial charge in [-0.15, -0.1) is 11.3 Å². The number of carbonyl (C=O) groups is 1. The van der Waals surface area contributed by atoms with Crippen molar-refractivity contribution in [1.29, 1.82) is 5.26 Å². The number of hydrogen-bond donors (Lipinski definition) is 1. The lowest BCUT2D eigenvalue weighted by atomic mass is 10.0. The van der Waals surface area contributed by atoms with Gasteiger partial charge in [0.15, 0.2) is 0 Å². The number of likely N-dealkylation sites (tertiary alicyclic amines) is 1. The van der Waals surface area contributed by atoms with Gasteiger partial charge in [0.2, 0.25) is 5.91 Å². The van der Waals surface area contributed by atoms with Crippen molar-refractivity contribution in [3.8, 4) is 6.07 Å². The first kappa shape index (κ1) is 16.7. The fourth-order valence-corrected chi connectivity index (χ4v) is 3.87. The lowest BCUT2D eigenvalue weighted by molar-refractivity contribution is -0.116. The molecule has 1 atom stereocenters. The van der Waals surface area contributed by atoms with E-state index < -0.39 is 0 Å². The number of nitrogens with zero attached hydrogens (tertiary/aromatic N) is 4. The molecule has 0 bridgehead atoms. The number of nitrogens with one attached hydrogen (secondary N) is 1. The van der Waals surface area contributed by atoms with Crippen LogP contribution in [0.1, 0.15) is 31.2 Å². The minimum Gasteiger partial charge on any atom is -0.317 e. The van der Waals surface area contributed by atoms with Crippen molar-refractivity contribution in [2.24, 2.45) is 0 Å². The molecule has 7 heteroatoms. The van der Waals surface area contributed by atoms with Crippen LogP contribution < -0.4 is 5.32 Å². The average Bonchev–Trinajstić information content (AvgIpc) is 3.25. The van der Waals surface area contributed by atoms with Crippen LogP contribution >= 0.6 is 11.3 Å². The minimum atomic E-state index is -0.0302. The third kappa shape index (κ3) is 4.22. The molecule has 6 nitrogen and oxygen atoms in total. The molecular formula is C17H21N5OS. The van der Waals surface area contributed by atoms with Crippen molar-refractivity contribution in [2.45, 2.75) is 38.3 Å². The molecule has 1 N–H and O–H groups in total. The van der Waals surface area contributed by atoms with Crippen molar-refractivity contribution in [2.75, 3.05) is 18.4 Å². The number of carbonyl (C=O) groups excluding carboxylic acids is 1. The van der Waals surface area contributed by atoms with Crippen molar-refractivity contribution >= 4 is 22.2 Å². The molecule has 1 fully saturated rings. The molecule has 0 spiro atoms. The van der Waals surface area contributed by atoms with Gasteiger partial charge in [-0.3, -0.25) is 14.4 Å². The summed E-state index contributed by atoms with van der Waals surface area (Å²) in [7, 11) is 0. The second-order valence-electron chi connectivity index (χ2n) is 5.99. The Morgan fingerprint density at radius 3 is 3.21 bits per heavy atom. The monoisotopic (exact) mass is 343 g/mol. The van der Waals surface area contributed by atoms with E-state index in [4.69, 9.17) is 5.26 Å². The van der Waals surface area contributed by atoms with Gasteiger partial charge in [0.05, 0.1) is 12.1 Å². The van der Waals surface area contributed by atoms with Crippen LogP contribution in [0.2, 0.25) is 0 Å². The fraction of sp³-hybridized carbons (Fsp3) is 0.471. The summed E-state index contributed by atoms with van der Waals surface area (Å²) in [5.74, 6) is -0.0302. The zero-order valence-electron chi connectivity index (χ0n) is 13.5. The van der Waals surface area contributed by atoms with E-state index in [0.717, 1.165) is 26.1 Å². The van der Waals surface area contributed by atoms with Gasteiger partial charge in [0.25, 0.3) is 0 Å². The van der Waals surface area contributed by atoms with E-state index in [1.165, 1.54) is 24.2 Å². The van der Waals surface area contributed by atoms with E-state index >= 15 is 0 Å². The van der Waals surface area contributed by atoms with E-state index in [9.17, 15) is 4.79 Å². The molecule has 3 rings (SSSR count). The van der Waals surface area contributed by atoms with Crippen molar-refractivity contribution in [3.63, 3.8) is 0 Å². The molecule has 1 aliphatic rings. The summed E-state index contributed by atoms with van der Waals surface area (Å²) in [4.78, 5) is 14.6. The summed E-state index contributed by atoms with van der Waals surface area (Å²) in [6.45, 7) is 2.64. The average molecular weight is 343 g/mol. The number of aromatic nitrogens is 2. The Bertz CT molecular complexity index is 703. The Labute approximate surface area is 145 Å². The van der Waals surface area contributed by atoms with Gasteiger partial charge in [0, 0.05) is 31.4 Å². The Hall–Kier alpha value is -2.17. The highest BCUT2D eigenvalue weighted by atomic mass is 32.1. The van der Waals surface area contributed by atoms with Crippen LogP contribution in [0.5, 0.6) is 0 Å². The van der Waals surface area contributed by atoms with Gasteiger partial charge in [-0.05, 0) is 36.9 Å².